The number of aryl methyl sites for hydroxylation is 5. The standard InChI is InChI=1S/C24H43N4Si2.C23H46N3Si2.ClH/c1-26-12-13-28(19-26)22-8-11-27(18-22)23-16-20(9-14-29(2,3)4)24(25)21(17-23)10-15-30(5,6)7;1-26(2,3)22-10-13-25(18-22)21-16-19(11-14-27(4,5)6)23(24)20(17-21)12-15-28(7,8)9;/h12-13,16-17,19,22H,8-11,14-15,18,25H2,1-7H3;16-17,22H,10-15,18,24H2,1-9H3;1H/q2*+1;. The van der Waals surface area contributed by atoms with E-state index in [-0.39, 0.29) is 12.4 Å². The SMILES string of the molecule is C[N+](C)(C)C1CCN(c2cc(CC[Si](C)(C)C)c(N)c(CC[Si](C)(C)C)c2)C1.C[n+]1ccn(C2CCN(c3cc(CC[Si](C)(C)C)c(N)c(CC[Si](C)(C)C)c3)C2)c1.Cl. The number of rotatable bonds is 16. The van der Waals surface area contributed by atoms with E-state index in [1.807, 2.05) is 0 Å². The molecule has 1 aromatic heterocycles. The molecule has 2 aromatic carbocycles. The molecule has 3 aromatic rings. The van der Waals surface area contributed by atoms with Gasteiger partial charge in [-0.25, -0.2) is 9.13 Å². The van der Waals surface area contributed by atoms with E-state index in [0.29, 0.717) is 12.1 Å². The molecule has 2 unspecified atom stereocenters. The van der Waals surface area contributed by atoms with Crippen molar-refractivity contribution in [1.29, 1.82) is 0 Å². The van der Waals surface area contributed by atoms with E-state index in [1.54, 1.807) is 0 Å². The number of nitrogen functional groups attached to an aromatic ring is 2. The zero-order valence-corrected chi connectivity index (χ0v) is 45.7. The third-order valence-corrected chi connectivity index (χ3v) is 19.6. The predicted octanol–water partition coefficient (Wildman–Crippen LogP) is 10.8. The number of imidazole rings is 1. The molecule has 334 valence electrons. The van der Waals surface area contributed by atoms with Crippen LogP contribution >= 0.6 is 12.4 Å². The molecule has 2 aliphatic heterocycles. The predicted molar refractivity (Wildman–Crippen MR) is 277 cm³/mol. The Hall–Kier alpha value is -2.03. The maximum absolute atomic E-state index is 6.74. The summed E-state index contributed by atoms with van der Waals surface area (Å²) in [4.78, 5) is 5.20. The van der Waals surface area contributed by atoms with Crippen LogP contribution in [0.4, 0.5) is 22.7 Å². The minimum atomic E-state index is -1.10. The molecular weight excluding hydrogens is 810 g/mol. The van der Waals surface area contributed by atoms with Crippen molar-refractivity contribution >= 4 is 67.5 Å². The minimum Gasteiger partial charge on any atom is -0.398 e. The van der Waals surface area contributed by atoms with E-state index in [1.165, 1.54) is 77.2 Å². The van der Waals surface area contributed by atoms with Crippen molar-refractivity contribution in [2.24, 2.45) is 7.05 Å². The van der Waals surface area contributed by atoms with Gasteiger partial charge in [0.2, 0.25) is 6.33 Å². The summed E-state index contributed by atoms with van der Waals surface area (Å²) in [5, 5.41) is 0. The fourth-order valence-corrected chi connectivity index (χ4v) is 12.3. The lowest BCUT2D eigenvalue weighted by Gasteiger charge is -2.31. The van der Waals surface area contributed by atoms with E-state index in [4.69, 9.17) is 11.5 Å². The third-order valence-electron chi connectivity index (χ3n) is 12.6. The lowest BCUT2D eigenvalue weighted by Crippen LogP contribution is -2.46. The largest absolute Gasteiger partial charge is 0.398 e. The summed E-state index contributed by atoms with van der Waals surface area (Å²) in [6, 6.07) is 16.2. The first-order valence-electron chi connectivity index (χ1n) is 22.7. The van der Waals surface area contributed by atoms with Gasteiger partial charge in [-0.2, -0.15) is 0 Å². The van der Waals surface area contributed by atoms with Crippen molar-refractivity contribution in [3.8, 4) is 0 Å². The van der Waals surface area contributed by atoms with Gasteiger partial charge in [0.1, 0.15) is 24.5 Å². The van der Waals surface area contributed by atoms with E-state index < -0.39 is 32.3 Å². The minimum absolute atomic E-state index is 0. The zero-order valence-electron chi connectivity index (χ0n) is 40.9. The highest BCUT2D eigenvalue weighted by Gasteiger charge is 2.33. The quantitative estimate of drug-likeness (QED) is 0.0651. The van der Waals surface area contributed by atoms with E-state index in [2.05, 4.69) is 169 Å². The van der Waals surface area contributed by atoms with Gasteiger partial charge in [-0.05, 0) is 72.2 Å². The average Bonchev–Trinajstić information content (AvgIpc) is 3.86. The van der Waals surface area contributed by atoms with Crippen molar-refractivity contribution in [3.63, 3.8) is 0 Å². The molecule has 0 saturated carbocycles. The second-order valence-corrected chi connectivity index (χ2v) is 46.5. The molecule has 7 nitrogen and oxygen atoms in total. The van der Waals surface area contributed by atoms with Gasteiger partial charge in [-0.1, -0.05) is 103 Å². The summed E-state index contributed by atoms with van der Waals surface area (Å²) in [7, 11) is 4.73. The smallest absolute Gasteiger partial charge is 0.243 e. The maximum Gasteiger partial charge on any atom is 0.243 e. The molecule has 4 N–H and O–H groups in total. The summed E-state index contributed by atoms with van der Waals surface area (Å²) in [5.41, 5.74) is 24.0. The van der Waals surface area contributed by atoms with Crippen LogP contribution in [-0.2, 0) is 32.7 Å². The van der Waals surface area contributed by atoms with Gasteiger partial charge in [0.25, 0.3) is 0 Å². The molecule has 2 atom stereocenters. The number of hydrogen-bond donors (Lipinski definition) is 2. The van der Waals surface area contributed by atoms with Gasteiger partial charge >= 0.3 is 0 Å². The molecule has 12 heteroatoms. The first-order chi connectivity index (χ1) is 26.6. The number of benzene rings is 2. The van der Waals surface area contributed by atoms with Crippen LogP contribution < -0.4 is 25.8 Å². The molecule has 0 aliphatic carbocycles. The van der Waals surface area contributed by atoms with Crippen LogP contribution in [0.3, 0.4) is 0 Å². The summed E-state index contributed by atoms with van der Waals surface area (Å²) in [6.07, 6.45) is 13.6. The van der Waals surface area contributed by atoms with Gasteiger partial charge in [0.05, 0.1) is 41.3 Å². The monoisotopic (exact) mass is 900 g/mol. The Bertz CT molecular complexity index is 1720. The van der Waals surface area contributed by atoms with Crippen LogP contribution in [0, 0.1) is 0 Å². The number of halogens is 1. The Morgan fingerprint density at radius 3 is 1.25 bits per heavy atom. The van der Waals surface area contributed by atoms with Gasteiger partial charge < -0.3 is 25.8 Å². The third kappa shape index (κ3) is 16.6. The van der Waals surface area contributed by atoms with Crippen LogP contribution in [-0.4, -0.2) is 94.7 Å². The lowest BCUT2D eigenvalue weighted by molar-refractivity contribution is -0.893. The molecule has 59 heavy (non-hydrogen) atoms. The Morgan fingerprint density at radius 2 is 0.949 bits per heavy atom. The van der Waals surface area contributed by atoms with Crippen molar-refractivity contribution in [2.45, 2.75) is 153 Å². The van der Waals surface area contributed by atoms with Crippen molar-refractivity contribution in [2.75, 3.05) is 68.6 Å². The van der Waals surface area contributed by atoms with Gasteiger partial charge in [0.15, 0.2) is 0 Å². The number of aromatic nitrogens is 2. The maximum atomic E-state index is 6.74. The Labute approximate surface area is 373 Å². The number of likely N-dealkylation sites (N-methyl/N-ethyl adjacent to an activating group) is 1. The Kier molecular flexibility index (Phi) is 17.8. The highest BCUT2D eigenvalue weighted by Crippen LogP contribution is 2.35. The molecule has 0 radical (unpaired) electrons. The topological polar surface area (TPSA) is 67.3 Å². The zero-order chi connectivity index (χ0) is 43.4. The lowest BCUT2D eigenvalue weighted by atomic mass is 10.0. The highest BCUT2D eigenvalue weighted by molar-refractivity contribution is 6.77. The van der Waals surface area contributed by atoms with Gasteiger partial charge in [-0.15, -0.1) is 12.4 Å². The summed E-state index contributed by atoms with van der Waals surface area (Å²) < 4.78 is 5.56. The van der Waals surface area contributed by atoms with Gasteiger partial charge in [0, 0.05) is 81.0 Å². The first kappa shape index (κ1) is 51.3. The second-order valence-electron chi connectivity index (χ2n) is 24.0. The van der Waals surface area contributed by atoms with Crippen molar-refractivity contribution in [3.05, 3.63) is 65.2 Å². The summed E-state index contributed by atoms with van der Waals surface area (Å²) in [6.45, 7) is 34.1. The molecule has 2 fully saturated rings. The van der Waals surface area contributed by atoms with Gasteiger partial charge in [-0.3, -0.25) is 0 Å². The molecule has 0 amide bonds. The van der Waals surface area contributed by atoms with Crippen LogP contribution in [0.5, 0.6) is 0 Å². The number of nitrogens with zero attached hydrogens (tertiary/aromatic N) is 5. The normalized spacial score (nSPS) is 17.9. The summed E-state index contributed by atoms with van der Waals surface area (Å²) in [5.74, 6) is 0. The number of quaternary nitrogens is 1. The highest BCUT2D eigenvalue weighted by atomic mass is 35.5. The average molecular weight is 901 g/mol. The Morgan fingerprint density at radius 1 is 0.593 bits per heavy atom. The first-order valence-corrected chi connectivity index (χ1v) is 37.6. The fourth-order valence-electron chi connectivity index (χ4n) is 8.27. The Balaban J connectivity index is 0.000000311. The van der Waals surface area contributed by atoms with E-state index in [9.17, 15) is 0 Å². The molecule has 2 saturated heterocycles. The fraction of sp³-hybridized carbons (Fsp3) is 0.681. The number of anilines is 4. The molecule has 3 heterocycles. The molecular formula is C47H90ClN7Si4+2. The molecule has 5 rings (SSSR count). The van der Waals surface area contributed by atoms with E-state index >= 15 is 0 Å². The molecule has 0 bridgehead atoms. The number of nitrogens with two attached hydrogens (primary N) is 2. The van der Waals surface area contributed by atoms with Crippen LogP contribution in [0.25, 0.3) is 0 Å². The number of hydrogen-bond acceptors (Lipinski definition) is 4. The van der Waals surface area contributed by atoms with Crippen LogP contribution in [0.2, 0.25) is 103 Å². The second kappa shape index (κ2) is 20.4. The molecule has 2 aliphatic rings. The van der Waals surface area contributed by atoms with Crippen molar-refractivity contribution < 1.29 is 9.05 Å². The van der Waals surface area contributed by atoms with Crippen LogP contribution in [0.15, 0.2) is 43.0 Å². The molecule has 0 spiro atoms. The summed E-state index contributed by atoms with van der Waals surface area (Å²) >= 11 is 0. The van der Waals surface area contributed by atoms with Crippen molar-refractivity contribution in [1.82, 2.24) is 4.57 Å². The van der Waals surface area contributed by atoms with Crippen LogP contribution in [0.1, 0.15) is 41.1 Å². The van der Waals surface area contributed by atoms with E-state index in [0.717, 1.165) is 61.2 Å².